The Morgan fingerprint density at radius 1 is 1.09 bits per heavy atom. The standard InChI is InChI=1S/C17H23N3O.2C2HF3O2/c1-19(2)17-12-21-11-15-9-20(10-16(15)17)8-14-5-3-4-13(6-14)7-18;2*3-2(4,5)1(6)7/h3-6,15-17H,8-12H2,1-2H3;2*(H,6,7)/t15-,16-,17+;;/m0../s1. The molecule has 2 saturated heterocycles. The van der Waals surface area contributed by atoms with Gasteiger partial charge in [-0.15, -0.1) is 0 Å². The molecule has 0 aliphatic carbocycles. The number of nitrogens with zero attached hydrogens (tertiary/aromatic N) is 3. The Balaban J connectivity index is 0.000000362. The Morgan fingerprint density at radius 3 is 2.09 bits per heavy atom. The van der Waals surface area contributed by atoms with Gasteiger partial charge in [-0.2, -0.15) is 31.6 Å². The minimum atomic E-state index is -5.08. The number of carboxylic acids is 2. The highest BCUT2D eigenvalue weighted by Gasteiger charge is 2.41. The summed E-state index contributed by atoms with van der Waals surface area (Å²) >= 11 is 0. The van der Waals surface area contributed by atoms with Crippen molar-refractivity contribution in [2.45, 2.75) is 24.9 Å². The number of nitriles is 1. The topological polar surface area (TPSA) is 114 Å². The zero-order valence-electron chi connectivity index (χ0n) is 18.8. The molecule has 3 rings (SSSR count). The van der Waals surface area contributed by atoms with E-state index in [0.717, 1.165) is 38.4 Å². The van der Waals surface area contributed by atoms with Crippen molar-refractivity contribution in [2.75, 3.05) is 40.4 Å². The molecule has 0 bridgehead atoms. The van der Waals surface area contributed by atoms with E-state index in [1.165, 1.54) is 5.56 Å². The minimum Gasteiger partial charge on any atom is -0.475 e. The zero-order valence-corrected chi connectivity index (χ0v) is 18.8. The van der Waals surface area contributed by atoms with Crippen LogP contribution in [0, 0.1) is 23.2 Å². The number of likely N-dealkylation sites (N-methyl/N-ethyl adjacent to an activating group) is 1. The molecule has 2 aliphatic heterocycles. The second-order valence-electron chi connectivity index (χ2n) is 8.10. The number of carbonyl (C=O) groups is 2. The molecular formula is C21H25F6N3O5. The van der Waals surface area contributed by atoms with Gasteiger partial charge in [0.2, 0.25) is 0 Å². The molecule has 2 N–H and O–H groups in total. The fourth-order valence-corrected chi connectivity index (χ4v) is 3.72. The first-order valence-corrected chi connectivity index (χ1v) is 10.1. The summed E-state index contributed by atoms with van der Waals surface area (Å²) in [5.41, 5.74) is 1.98. The molecule has 1 aromatic rings. The van der Waals surface area contributed by atoms with E-state index in [4.69, 9.17) is 29.8 Å². The zero-order chi connectivity index (χ0) is 27.0. The molecule has 0 unspecified atom stereocenters. The number of ether oxygens (including phenoxy) is 1. The van der Waals surface area contributed by atoms with Gasteiger partial charge in [0.05, 0.1) is 24.8 Å². The maximum atomic E-state index is 10.6. The monoisotopic (exact) mass is 513 g/mol. The first-order chi connectivity index (χ1) is 16.1. The summed E-state index contributed by atoms with van der Waals surface area (Å²) in [5.74, 6) is -4.17. The lowest BCUT2D eigenvalue weighted by Gasteiger charge is -2.37. The molecule has 14 heteroatoms. The summed E-state index contributed by atoms with van der Waals surface area (Å²) in [6.45, 7) is 4.91. The molecular weight excluding hydrogens is 488 g/mol. The molecule has 0 aromatic heterocycles. The van der Waals surface area contributed by atoms with E-state index in [-0.39, 0.29) is 0 Å². The van der Waals surface area contributed by atoms with E-state index in [9.17, 15) is 26.3 Å². The Morgan fingerprint density at radius 2 is 1.63 bits per heavy atom. The number of aliphatic carboxylic acids is 2. The van der Waals surface area contributed by atoms with E-state index >= 15 is 0 Å². The number of benzene rings is 1. The number of hydrogen-bond acceptors (Lipinski definition) is 6. The Labute approximate surface area is 197 Å². The van der Waals surface area contributed by atoms with Crippen LogP contribution < -0.4 is 0 Å². The van der Waals surface area contributed by atoms with Crippen molar-refractivity contribution in [2.24, 2.45) is 11.8 Å². The second kappa shape index (κ2) is 12.7. The summed E-state index contributed by atoms with van der Waals surface area (Å²) < 4.78 is 69.3. The van der Waals surface area contributed by atoms with E-state index in [0.29, 0.717) is 17.9 Å². The van der Waals surface area contributed by atoms with Gasteiger partial charge in [0.1, 0.15) is 0 Å². The molecule has 0 amide bonds. The highest BCUT2D eigenvalue weighted by molar-refractivity contribution is 5.73. The lowest BCUT2D eigenvalue weighted by Crippen LogP contribution is -2.47. The van der Waals surface area contributed by atoms with Gasteiger partial charge in [-0.05, 0) is 37.7 Å². The van der Waals surface area contributed by atoms with E-state index < -0.39 is 24.3 Å². The third-order valence-corrected chi connectivity index (χ3v) is 5.29. The number of likely N-dealkylation sites (tertiary alicyclic amines) is 1. The van der Waals surface area contributed by atoms with Crippen molar-refractivity contribution >= 4 is 11.9 Å². The largest absolute Gasteiger partial charge is 0.490 e. The van der Waals surface area contributed by atoms with Gasteiger partial charge >= 0.3 is 24.3 Å². The van der Waals surface area contributed by atoms with Gasteiger partial charge in [-0.25, -0.2) is 9.59 Å². The highest BCUT2D eigenvalue weighted by atomic mass is 19.4. The quantitative estimate of drug-likeness (QED) is 0.594. The predicted molar refractivity (Wildman–Crippen MR) is 109 cm³/mol. The van der Waals surface area contributed by atoms with Crippen LogP contribution in [-0.4, -0.2) is 90.7 Å². The third kappa shape index (κ3) is 10.1. The van der Waals surface area contributed by atoms with Crippen LogP contribution in [0.4, 0.5) is 26.3 Å². The Bertz CT molecular complexity index is 877. The highest BCUT2D eigenvalue weighted by Crippen LogP contribution is 2.33. The fraction of sp³-hybridized carbons (Fsp3) is 0.571. The molecule has 8 nitrogen and oxygen atoms in total. The smallest absolute Gasteiger partial charge is 0.475 e. The van der Waals surface area contributed by atoms with Crippen molar-refractivity contribution < 1.29 is 50.9 Å². The molecule has 2 heterocycles. The van der Waals surface area contributed by atoms with Crippen LogP contribution in [0.2, 0.25) is 0 Å². The van der Waals surface area contributed by atoms with Crippen LogP contribution in [0.3, 0.4) is 0 Å². The van der Waals surface area contributed by atoms with E-state index in [1.54, 1.807) is 0 Å². The number of hydrogen-bond donors (Lipinski definition) is 2. The summed E-state index contributed by atoms with van der Waals surface area (Å²) in [7, 11) is 4.30. The molecule has 0 spiro atoms. The van der Waals surface area contributed by atoms with Crippen molar-refractivity contribution in [3.05, 3.63) is 35.4 Å². The summed E-state index contributed by atoms with van der Waals surface area (Å²) in [4.78, 5) is 22.6. The van der Waals surface area contributed by atoms with Crippen LogP contribution in [-0.2, 0) is 20.9 Å². The maximum absolute atomic E-state index is 10.6. The van der Waals surface area contributed by atoms with Crippen molar-refractivity contribution in [1.29, 1.82) is 5.26 Å². The van der Waals surface area contributed by atoms with E-state index in [1.807, 2.05) is 18.2 Å². The van der Waals surface area contributed by atoms with Crippen LogP contribution >= 0.6 is 0 Å². The van der Waals surface area contributed by atoms with Crippen LogP contribution in [0.1, 0.15) is 11.1 Å². The van der Waals surface area contributed by atoms with Gasteiger partial charge in [0.15, 0.2) is 0 Å². The number of halogens is 6. The first-order valence-electron chi connectivity index (χ1n) is 10.1. The Kier molecular flexibility index (Phi) is 10.9. The molecule has 2 aliphatic rings. The molecule has 1 aromatic carbocycles. The van der Waals surface area contributed by atoms with Crippen molar-refractivity contribution in [1.82, 2.24) is 9.80 Å². The molecule has 2 fully saturated rings. The normalized spacial score (nSPS) is 22.1. The average molecular weight is 513 g/mol. The maximum Gasteiger partial charge on any atom is 0.490 e. The summed E-state index contributed by atoms with van der Waals surface area (Å²) in [6.07, 6.45) is -10.2. The summed E-state index contributed by atoms with van der Waals surface area (Å²) in [6, 6.07) is 10.7. The lowest BCUT2D eigenvalue weighted by atomic mass is 9.87. The van der Waals surface area contributed by atoms with Gasteiger partial charge in [-0.3, -0.25) is 4.90 Å². The van der Waals surface area contributed by atoms with Gasteiger partial charge in [0, 0.05) is 31.6 Å². The minimum absolute atomic E-state index is 0.527. The SMILES string of the molecule is CN(C)[C@@H]1COC[C@@H]2CN(Cc3cccc(C#N)c3)C[C@@H]21.O=C(O)C(F)(F)F.O=C(O)C(F)(F)F. The first kappa shape index (κ1) is 30.1. The van der Waals surface area contributed by atoms with Crippen LogP contribution in [0.25, 0.3) is 0 Å². The molecule has 0 saturated carbocycles. The summed E-state index contributed by atoms with van der Waals surface area (Å²) in [5, 5.41) is 23.3. The predicted octanol–water partition coefficient (Wildman–Crippen LogP) is 2.83. The number of rotatable bonds is 3. The average Bonchev–Trinajstić information content (AvgIpc) is 3.15. The second-order valence-corrected chi connectivity index (χ2v) is 8.10. The lowest BCUT2D eigenvalue weighted by molar-refractivity contribution is -0.193. The molecule has 0 radical (unpaired) electrons. The van der Waals surface area contributed by atoms with E-state index in [2.05, 4.69) is 36.0 Å². The van der Waals surface area contributed by atoms with Gasteiger partial charge in [-0.1, -0.05) is 12.1 Å². The van der Waals surface area contributed by atoms with Crippen molar-refractivity contribution in [3.63, 3.8) is 0 Å². The fourth-order valence-electron chi connectivity index (χ4n) is 3.72. The number of carboxylic acid groups (broad SMARTS) is 2. The van der Waals surface area contributed by atoms with Gasteiger partial charge < -0.3 is 19.8 Å². The molecule has 3 atom stereocenters. The van der Waals surface area contributed by atoms with Crippen molar-refractivity contribution in [3.8, 4) is 6.07 Å². The Hall–Kier alpha value is -2.89. The number of fused-ring (bicyclic) bond motifs is 1. The third-order valence-electron chi connectivity index (χ3n) is 5.29. The van der Waals surface area contributed by atoms with Gasteiger partial charge in [0.25, 0.3) is 0 Å². The van der Waals surface area contributed by atoms with Crippen LogP contribution in [0.15, 0.2) is 24.3 Å². The van der Waals surface area contributed by atoms with Crippen LogP contribution in [0.5, 0.6) is 0 Å². The molecule has 35 heavy (non-hydrogen) atoms. The molecule has 196 valence electrons. The number of alkyl halides is 6.